The average Bonchev–Trinajstić information content (AvgIpc) is 2.92. The van der Waals surface area contributed by atoms with Crippen molar-refractivity contribution in [2.75, 3.05) is 0 Å². The fourth-order valence-corrected chi connectivity index (χ4v) is 3.27. The van der Waals surface area contributed by atoms with Gasteiger partial charge in [-0.1, -0.05) is 32.1 Å². The van der Waals surface area contributed by atoms with Gasteiger partial charge in [-0.05, 0) is 18.9 Å². The number of rotatable bonds is 3. The van der Waals surface area contributed by atoms with E-state index in [1.807, 2.05) is 0 Å². The summed E-state index contributed by atoms with van der Waals surface area (Å²) in [5.74, 6) is -0.151. The van der Waals surface area contributed by atoms with Crippen molar-refractivity contribution in [2.45, 2.75) is 51.0 Å². The Hall–Kier alpha value is -2.37. The molecule has 1 heterocycles. The molecule has 6 nitrogen and oxygen atoms in total. The number of aromatic amines is 1. The molecule has 122 valence electrons. The summed E-state index contributed by atoms with van der Waals surface area (Å²) in [6.07, 6.45) is 9.67. The van der Waals surface area contributed by atoms with Gasteiger partial charge in [-0.2, -0.15) is 0 Å². The van der Waals surface area contributed by atoms with Crippen molar-refractivity contribution in [2.24, 2.45) is 0 Å². The van der Waals surface area contributed by atoms with Crippen LogP contribution in [-0.2, 0) is 0 Å². The quantitative estimate of drug-likeness (QED) is 0.664. The molecule has 0 radical (unpaired) electrons. The second-order valence-corrected chi connectivity index (χ2v) is 6.20. The number of hydrogen-bond acceptors (Lipinski definition) is 3. The smallest absolute Gasteiger partial charge is 0.270 e. The molecule has 1 aromatic heterocycles. The van der Waals surface area contributed by atoms with Gasteiger partial charge in [0.05, 0.1) is 10.5 Å². The van der Waals surface area contributed by atoms with Gasteiger partial charge < -0.3 is 10.3 Å². The molecule has 1 aliphatic carbocycles. The average molecular weight is 315 g/mol. The maximum Gasteiger partial charge on any atom is 0.270 e. The topological polar surface area (TPSA) is 88.0 Å². The molecule has 6 heteroatoms. The summed E-state index contributed by atoms with van der Waals surface area (Å²) in [6.45, 7) is 0. The molecule has 1 amide bonds. The lowest BCUT2D eigenvalue weighted by atomic mass is 9.96. The summed E-state index contributed by atoms with van der Waals surface area (Å²) in [6, 6.07) is 4.74. The molecule has 1 saturated carbocycles. The zero-order valence-electron chi connectivity index (χ0n) is 13.0. The van der Waals surface area contributed by atoms with Gasteiger partial charge in [-0.15, -0.1) is 0 Å². The van der Waals surface area contributed by atoms with Gasteiger partial charge in [0.1, 0.15) is 0 Å². The van der Waals surface area contributed by atoms with Crippen molar-refractivity contribution in [3.63, 3.8) is 0 Å². The first kappa shape index (κ1) is 15.5. The van der Waals surface area contributed by atoms with Crippen LogP contribution in [0.4, 0.5) is 5.69 Å². The third kappa shape index (κ3) is 3.52. The van der Waals surface area contributed by atoms with Crippen LogP contribution in [0.15, 0.2) is 24.4 Å². The number of carbonyl (C=O) groups is 1. The summed E-state index contributed by atoms with van der Waals surface area (Å²) < 4.78 is 0. The third-order valence-corrected chi connectivity index (χ3v) is 4.56. The van der Waals surface area contributed by atoms with Crippen molar-refractivity contribution in [1.29, 1.82) is 0 Å². The van der Waals surface area contributed by atoms with Gasteiger partial charge >= 0.3 is 0 Å². The van der Waals surface area contributed by atoms with Crippen molar-refractivity contribution < 1.29 is 9.72 Å². The maximum atomic E-state index is 12.6. The van der Waals surface area contributed by atoms with Crippen LogP contribution in [0.3, 0.4) is 0 Å². The number of fused-ring (bicyclic) bond motifs is 1. The molecule has 3 rings (SSSR count). The number of non-ortho nitro benzene ring substituents is 1. The molecule has 1 aromatic carbocycles. The van der Waals surface area contributed by atoms with E-state index in [9.17, 15) is 14.9 Å². The van der Waals surface area contributed by atoms with E-state index in [0.29, 0.717) is 10.9 Å². The normalized spacial score (nSPS) is 16.7. The number of nitrogens with one attached hydrogen (secondary N) is 2. The van der Waals surface area contributed by atoms with Gasteiger partial charge in [0, 0.05) is 35.3 Å². The Bertz CT molecular complexity index is 715. The van der Waals surface area contributed by atoms with E-state index in [1.54, 1.807) is 12.3 Å². The van der Waals surface area contributed by atoms with Crippen LogP contribution in [0.5, 0.6) is 0 Å². The van der Waals surface area contributed by atoms with Gasteiger partial charge in [-0.25, -0.2) is 0 Å². The minimum Gasteiger partial charge on any atom is -0.360 e. The molecule has 2 aromatic rings. The summed E-state index contributed by atoms with van der Waals surface area (Å²) in [5.41, 5.74) is 1.21. The van der Waals surface area contributed by atoms with Gasteiger partial charge in [0.15, 0.2) is 0 Å². The number of nitro groups is 1. The molecule has 23 heavy (non-hydrogen) atoms. The number of carbonyl (C=O) groups excluding carboxylic acids is 1. The molecule has 0 atom stereocenters. The van der Waals surface area contributed by atoms with Gasteiger partial charge in [0.25, 0.3) is 11.6 Å². The zero-order valence-corrected chi connectivity index (χ0v) is 13.0. The van der Waals surface area contributed by atoms with E-state index >= 15 is 0 Å². The first-order valence-corrected chi connectivity index (χ1v) is 8.21. The molecule has 0 aliphatic heterocycles. The second-order valence-electron chi connectivity index (χ2n) is 6.20. The minimum atomic E-state index is -0.442. The van der Waals surface area contributed by atoms with Crippen LogP contribution in [-0.4, -0.2) is 21.9 Å². The molecule has 1 fully saturated rings. The molecular formula is C17H21N3O3. The van der Waals surface area contributed by atoms with Crippen LogP contribution in [0, 0.1) is 10.1 Å². The van der Waals surface area contributed by atoms with Crippen molar-refractivity contribution >= 4 is 22.5 Å². The maximum absolute atomic E-state index is 12.6. The number of aromatic nitrogens is 1. The van der Waals surface area contributed by atoms with Crippen LogP contribution >= 0.6 is 0 Å². The zero-order chi connectivity index (χ0) is 16.2. The Morgan fingerprint density at radius 1 is 1.17 bits per heavy atom. The molecule has 0 unspecified atom stereocenters. The number of benzene rings is 1. The summed E-state index contributed by atoms with van der Waals surface area (Å²) >= 11 is 0. The highest BCUT2D eigenvalue weighted by atomic mass is 16.6. The first-order valence-electron chi connectivity index (χ1n) is 8.21. The highest BCUT2D eigenvalue weighted by Crippen LogP contribution is 2.24. The Balaban J connectivity index is 1.79. The Labute approximate surface area is 134 Å². The predicted octanol–water partition coefficient (Wildman–Crippen LogP) is 3.92. The van der Waals surface area contributed by atoms with Crippen LogP contribution in [0.1, 0.15) is 55.3 Å². The van der Waals surface area contributed by atoms with Gasteiger partial charge in [-0.3, -0.25) is 14.9 Å². The molecule has 1 aliphatic rings. The number of amides is 1. The summed E-state index contributed by atoms with van der Waals surface area (Å²) in [5, 5.41) is 14.6. The largest absolute Gasteiger partial charge is 0.360 e. The van der Waals surface area contributed by atoms with Crippen LogP contribution in [0.25, 0.3) is 10.9 Å². The monoisotopic (exact) mass is 315 g/mol. The summed E-state index contributed by atoms with van der Waals surface area (Å²) in [7, 11) is 0. The number of H-pyrrole nitrogens is 1. The van der Waals surface area contributed by atoms with Crippen LogP contribution in [0.2, 0.25) is 0 Å². The van der Waals surface area contributed by atoms with Crippen LogP contribution < -0.4 is 5.32 Å². The lowest BCUT2D eigenvalue weighted by Gasteiger charge is -2.20. The van der Waals surface area contributed by atoms with E-state index < -0.39 is 4.92 Å². The van der Waals surface area contributed by atoms with E-state index in [2.05, 4.69) is 10.3 Å². The van der Waals surface area contributed by atoms with Crippen molar-refractivity contribution in [3.8, 4) is 0 Å². The predicted molar refractivity (Wildman–Crippen MR) is 88.5 cm³/mol. The molecule has 0 bridgehead atoms. The van der Waals surface area contributed by atoms with E-state index in [-0.39, 0.29) is 17.6 Å². The van der Waals surface area contributed by atoms with E-state index in [0.717, 1.165) is 31.2 Å². The molecule has 0 saturated heterocycles. The minimum absolute atomic E-state index is 0.00268. The number of nitrogens with zero attached hydrogens (tertiary/aromatic N) is 1. The van der Waals surface area contributed by atoms with Gasteiger partial charge in [0.2, 0.25) is 0 Å². The summed E-state index contributed by atoms with van der Waals surface area (Å²) in [4.78, 5) is 26.1. The van der Waals surface area contributed by atoms with Crippen molar-refractivity contribution in [3.05, 3.63) is 40.1 Å². The Morgan fingerprint density at radius 2 is 1.87 bits per heavy atom. The SMILES string of the molecule is O=C(NC1CCCCCCC1)c1c[nH]c2ccc([N+](=O)[O-])cc12. The fourth-order valence-electron chi connectivity index (χ4n) is 3.27. The lowest BCUT2D eigenvalue weighted by molar-refractivity contribution is -0.384. The Kier molecular flexibility index (Phi) is 4.60. The number of nitro benzene ring substituents is 1. The first-order chi connectivity index (χ1) is 11.1. The highest BCUT2D eigenvalue weighted by molar-refractivity contribution is 6.07. The molecular weight excluding hydrogens is 294 g/mol. The number of hydrogen-bond donors (Lipinski definition) is 2. The molecule has 2 N–H and O–H groups in total. The third-order valence-electron chi connectivity index (χ3n) is 4.56. The van der Waals surface area contributed by atoms with E-state index in [1.165, 1.54) is 31.4 Å². The second kappa shape index (κ2) is 6.81. The Morgan fingerprint density at radius 3 is 2.57 bits per heavy atom. The molecule has 0 spiro atoms. The highest BCUT2D eigenvalue weighted by Gasteiger charge is 2.19. The van der Waals surface area contributed by atoms with Crippen molar-refractivity contribution in [1.82, 2.24) is 10.3 Å². The lowest BCUT2D eigenvalue weighted by Crippen LogP contribution is -2.35. The van der Waals surface area contributed by atoms with E-state index in [4.69, 9.17) is 0 Å². The standard InChI is InChI=1S/C17H21N3O3/c21-17(19-12-6-4-2-1-3-5-7-12)15-11-18-16-9-8-13(20(22)23)10-14(15)16/h8-12,18H,1-7H2,(H,19,21). The fraction of sp³-hybridized carbons (Fsp3) is 0.471.